The van der Waals surface area contributed by atoms with E-state index in [1.54, 1.807) is 29.2 Å². The summed E-state index contributed by atoms with van der Waals surface area (Å²) in [6.07, 6.45) is 1.14. The van der Waals surface area contributed by atoms with Gasteiger partial charge in [-0.1, -0.05) is 42.5 Å². The zero-order chi connectivity index (χ0) is 23.4. The maximum Gasteiger partial charge on any atom is 0.262 e. The summed E-state index contributed by atoms with van der Waals surface area (Å²) in [7, 11) is 0. The van der Waals surface area contributed by atoms with Crippen molar-refractivity contribution in [2.24, 2.45) is 0 Å². The van der Waals surface area contributed by atoms with Crippen molar-refractivity contribution in [1.82, 2.24) is 15.1 Å². The molecule has 0 aliphatic carbocycles. The number of imide groups is 1. The Kier molecular flexibility index (Phi) is 6.50. The van der Waals surface area contributed by atoms with Gasteiger partial charge in [-0.2, -0.15) is 5.26 Å². The van der Waals surface area contributed by atoms with Crippen LogP contribution in [0.15, 0.2) is 54.6 Å². The lowest BCUT2D eigenvalue weighted by Crippen LogP contribution is -2.54. The Morgan fingerprint density at radius 2 is 1.55 bits per heavy atom. The topological polar surface area (TPSA) is 111 Å². The van der Waals surface area contributed by atoms with E-state index in [0.717, 1.165) is 10.5 Å². The highest BCUT2D eigenvalue weighted by Crippen LogP contribution is 2.26. The number of rotatable bonds is 6. The van der Waals surface area contributed by atoms with Crippen LogP contribution in [0, 0.1) is 11.3 Å². The van der Waals surface area contributed by atoms with Gasteiger partial charge in [-0.05, 0) is 30.5 Å². The Hall–Kier alpha value is -3.99. The fourth-order valence-corrected chi connectivity index (χ4v) is 4.38. The molecule has 1 N–H and O–H groups in total. The van der Waals surface area contributed by atoms with Crippen LogP contribution in [0.4, 0.5) is 0 Å². The average molecular weight is 444 g/mol. The van der Waals surface area contributed by atoms with Gasteiger partial charge in [0.1, 0.15) is 12.5 Å². The highest BCUT2D eigenvalue weighted by molar-refractivity contribution is 6.22. The number of amides is 4. The average Bonchev–Trinajstić information content (AvgIpc) is 3.09. The fourth-order valence-electron chi connectivity index (χ4n) is 4.38. The molecule has 0 saturated carbocycles. The minimum absolute atomic E-state index is 0.157. The van der Waals surface area contributed by atoms with E-state index in [1.807, 2.05) is 36.4 Å². The van der Waals surface area contributed by atoms with Crippen LogP contribution in [0.5, 0.6) is 0 Å². The highest BCUT2D eigenvalue weighted by Gasteiger charge is 2.43. The van der Waals surface area contributed by atoms with E-state index in [9.17, 15) is 19.2 Å². The number of nitriles is 1. The van der Waals surface area contributed by atoms with Crippen LogP contribution in [0.1, 0.15) is 45.5 Å². The molecule has 0 radical (unpaired) electrons. The van der Waals surface area contributed by atoms with Crippen molar-refractivity contribution in [2.45, 2.75) is 37.8 Å². The Morgan fingerprint density at radius 3 is 2.12 bits per heavy atom. The molecule has 4 rings (SSSR count). The van der Waals surface area contributed by atoms with Crippen LogP contribution in [-0.4, -0.2) is 58.6 Å². The van der Waals surface area contributed by atoms with Gasteiger partial charge < -0.3 is 10.2 Å². The first-order chi connectivity index (χ1) is 16.0. The first kappa shape index (κ1) is 22.2. The predicted molar refractivity (Wildman–Crippen MR) is 119 cm³/mol. The van der Waals surface area contributed by atoms with Crippen molar-refractivity contribution >= 4 is 23.6 Å². The standard InChI is InChI=1S/C25H24N4O4/c26-13-10-22(30)28-14-11-18(12-15-28)27-23(31)21(16-17-6-2-1-3-7-17)29-24(32)19-8-4-5-9-20(19)25(29)33/h1-9,18,21H,10-12,14-16H2,(H,27,31). The molecule has 1 atom stereocenters. The normalized spacial score (nSPS) is 16.8. The molecule has 8 heteroatoms. The molecule has 1 saturated heterocycles. The smallest absolute Gasteiger partial charge is 0.262 e. The molecular weight excluding hydrogens is 420 g/mol. The van der Waals surface area contributed by atoms with Gasteiger partial charge >= 0.3 is 0 Å². The summed E-state index contributed by atoms with van der Waals surface area (Å²) < 4.78 is 0. The molecule has 8 nitrogen and oxygen atoms in total. The van der Waals surface area contributed by atoms with E-state index in [0.29, 0.717) is 37.1 Å². The van der Waals surface area contributed by atoms with Gasteiger partial charge in [0.15, 0.2) is 0 Å². The Balaban J connectivity index is 1.51. The van der Waals surface area contributed by atoms with Crippen molar-refractivity contribution in [3.05, 3.63) is 71.3 Å². The maximum atomic E-state index is 13.4. The molecular formula is C25H24N4O4. The largest absolute Gasteiger partial charge is 0.351 e. The van der Waals surface area contributed by atoms with Gasteiger partial charge in [0.25, 0.3) is 11.8 Å². The van der Waals surface area contributed by atoms with E-state index in [4.69, 9.17) is 5.26 Å². The second kappa shape index (κ2) is 9.65. The number of piperidine rings is 1. The van der Waals surface area contributed by atoms with E-state index < -0.39 is 23.8 Å². The number of likely N-dealkylation sites (tertiary alicyclic amines) is 1. The Labute approximate surface area is 191 Å². The molecule has 2 aromatic carbocycles. The van der Waals surface area contributed by atoms with Crippen molar-refractivity contribution in [3.8, 4) is 6.07 Å². The Morgan fingerprint density at radius 1 is 0.970 bits per heavy atom. The third kappa shape index (κ3) is 4.62. The molecule has 0 bridgehead atoms. The van der Waals surface area contributed by atoms with E-state index in [2.05, 4.69) is 5.32 Å². The van der Waals surface area contributed by atoms with Gasteiger partial charge in [0.2, 0.25) is 11.8 Å². The predicted octanol–water partition coefficient (Wildman–Crippen LogP) is 1.91. The number of carbonyl (C=O) groups is 4. The monoisotopic (exact) mass is 444 g/mol. The fraction of sp³-hybridized carbons (Fsp3) is 0.320. The van der Waals surface area contributed by atoms with Crippen molar-refractivity contribution in [2.75, 3.05) is 13.1 Å². The van der Waals surface area contributed by atoms with Gasteiger partial charge in [-0.3, -0.25) is 24.1 Å². The zero-order valence-electron chi connectivity index (χ0n) is 18.1. The molecule has 2 aliphatic heterocycles. The van der Waals surface area contributed by atoms with Crippen LogP contribution >= 0.6 is 0 Å². The lowest BCUT2D eigenvalue weighted by atomic mass is 10.0. The minimum Gasteiger partial charge on any atom is -0.351 e. The number of fused-ring (bicyclic) bond motifs is 1. The maximum absolute atomic E-state index is 13.4. The third-order valence-electron chi connectivity index (χ3n) is 6.14. The highest BCUT2D eigenvalue weighted by atomic mass is 16.2. The van der Waals surface area contributed by atoms with Crippen LogP contribution < -0.4 is 5.32 Å². The molecule has 1 unspecified atom stereocenters. The lowest BCUT2D eigenvalue weighted by molar-refractivity contribution is -0.131. The zero-order valence-corrected chi connectivity index (χ0v) is 18.1. The summed E-state index contributed by atoms with van der Waals surface area (Å²) in [5, 5.41) is 11.7. The van der Waals surface area contributed by atoms with Gasteiger partial charge in [0, 0.05) is 25.6 Å². The first-order valence-corrected chi connectivity index (χ1v) is 11.0. The molecule has 2 aliphatic rings. The second-order valence-electron chi connectivity index (χ2n) is 8.23. The number of nitrogens with zero attached hydrogens (tertiary/aromatic N) is 3. The minimum atomic E-state index is -0.988. The molecule has 33 heavy (non-hydrogen) atoms. The molecule has 2 aromatic rings. The van der Waals surface area contributed by atoms with Gasteiger partial charge in [0.05, 0.1) is 17.2 Å². The lowest BCUT2D eigenvalue weighted by Gasteiger charge is -2.34. The number of nitrogens with one attached hydrogen (secondary N) is 1. The van der Waals surface area contributed by atoms with E-state index in [-0.39, 0.29) is 24.8 Å². The van der Waals surface area contributed by atoms with Crippen molar-refractivity contribution < 1.29 is 19.2 Å². The number of hydrogen-bond donors (Lipinski definition) is 1. The van der Waals surface area contributed by atoms with Crippen LogP contribution in [-0.2, 0) is 16.0 Å². The summed E-state index contributed by atoms with van der Waals surface area (Å²) in [6.45, 7) is 0.893. The van der Waals surface area contributed by atoms with Crippen molar-refractivity contribution in [1.29, 1.82) is 5.26 Å². The third-order valence-corrected chi connectivity index (χ3v) is 6.14. The Bertz CT molecular complexity index is 1080. The summed E-state index contributed by atoms with van der Waals surface area (Å²) in [6, 6.07) is 16.6. The van der Waals surface area contributed by atoms with Gasteiger partial charge in [-0.25, -0.2) is 0 Å². The van der Waals surface area contributed by atoms with E-state index >= 15 is 0 Å². The number of carbonyl (C=O) groups excluding carboxylic acids is 4. The van der Waals surface area contributed by atoms with Gasteiger partial charge in [-0.15, -0.1) is 0 Å². The van der Waals surface area contributed by atoms with Crippen LogP contribution in [0.3, 0.4) is 0 Å². The summed E-state index contributed by atoms with van der Waals surface area (Å²) in [5.74, 6) is -1.54. The number of hydrogen-bond acceptors (Lipinski definition) is 5. The molecule has 0 spiro atoms. The SMILES string of the molecule is N#CCC(=O)N1CCC(NC(=O)C(Cc2ccccc2)N2C(=O)c3ccccc3C2=O)CC1. The molecule has 2 heterocycles. The summed E-state index contributed by atoms with van der Waals surface area (Å²) >= 11 is 0. The van der Waals surface area contributed by atoms with Crippen LogP contribution in [0.2, 0.25) is 0 Å². The molecule has 1 fully saturated rings. The molecule has 0 aromatic heterocycles. The quantitative estimate of drug-likeness (QED) is 0.685. The summed E-state index contributed by atoms with van der Waals surface area (Å²) in [5.41, 5.74) is 1.45. The van der Waals surface area contributed by atoms with Crippen LogP contribution in [0.25, 0.3) is 0 Å². The van der Waals surface area contributed by atoms with E-state index in [1.165, 1.54) is 0 Å². The molecule has 168 valence electrons. The first-order valence-electron chi connectivity index (χ1n) is 11.0. The van der Waals surface area contributed by atoms with Crippen molar-refractivity contribution in [3.63, 3.8) is 0 Å². The number of benzene rings is 2. The second-order valence-corrected chi connectivity index (χ2v) is 8.23. The molecule has 4 amide bonds. The summed E-state index contributed by atoms with van der Waals surface area (Å²) in [4.78, 5) is 54.1.